The SMILES string of the molecule is C[C@H](CO)NS(=O)(=O)c1ccc(C(=O)Nc2cc(N3CCC(F)(F)CC3)c3c(ccn3C)c2)c(N2CCC3(CC2)CC3)c1. The van der Waals surface area contributed by atoms with Crippen LogP contribution in [0.2, 0.25) is 0 Å². The second kappa shape index (κ2) is 11.0. The molecule has 3 heterocycles. The zero-order chi connectivity index (χ0) is 30.6. The molecule has 12 heteroatoms. The highest BCUT2D eigenvalue weighted by Gasteiger charge is 2.45. The molecule has 232 valence electrons. The smallest absolute Gasteiger partial charge is 0.257 e. The van der Waals surface area contributed by atoms with Gasteiger partial charge in [-0.1, -0.05) is 0 Å². The fraction of sp³-hybridized carbons (Fsp3) is 0.516. The fourth-order valence-corrected chi connectivity index (χ4v) is 7.66. The van der Waals surface area contributed by atoms with E-state index >= 15 is 0 Å². The molecule has 3 aromatic rings. The molecule has 43 heavy (non-hydrogen) atoms. The lowest BCUT2D eigenvalue weighted by Crippen LogP contribution is -2.39. The molecular weight excluding hydrogens is 576 g/mol. The average molecular weight is 616 g/mol. The van der Waals surface area contributed by atoms with Crippen LogP contribution < -0.4 is 19.8 Å². The maximum Gasteiger partial charge on any atom is 0.257 e. The number of carbonyl (C=O) groups excluding carboxylic acids is 1. The Balaban J connectivity index is 1.32. The molecule has 1 aliphatic carbocycles. The minimum atomic E-state index is -3.92. The van der Waals surface area contributed by atoms with Crippen LogP contribution in [0.5, 0.6) is 0 Å². The van der Waals surface area contributed by atoms with E-state index in [1.165, 1.54) is 18.9 Å². The van der Waals surface area contributed by atoms with Crippen LogP contribution in [0.4, 0.5) is 25.8 Å². The Kier molecular flexibility index (Phi) is 7.67. The third-order valence-corrected chi connectivity index (χ3v) is 10.9. The summed E-state index contributed by atoms with van der Waals surface area (Å²) in [6.07, 6.45) is 5.87. The molecule has 1 spiro atoms. The normalized spacial score (nSPS) is 20.4. The Labute approximate surface area is 250 Å². The number of amides is 1. The lowest BCUT2D eigenvalue weighted by molar-refractivity contribution is -0.0220. The number of hydrogen-bond donors (Lipinski definition) is 3. The van der Waals surface area contributed by atoms with Gasteiger partial charge >= 0.3 is 0 Å². The van der Waals surface area contributed by atoms with E-state index in [-0.39, 0.29) is 43.3 Å². The first-order valence-electron chi connectivity index (χ1n) is 14.9. The summed E-state index contributed by atoms with van der Waals surface area (Å²) in [6.45, 7) is 3.11. The highest BCUT2D eigenvalue weighted by atomic mass is 32.2. The first kappa shape index (κ1) is 29.8. The van der Waals surface area contributed by atoms with E-state index in [1.54, 1.807) is 19.1 Å². The van der Waals surface area contributed by atoms with E-state index < -0.39 is 22.0 Å². The van der Waals surface area contributed by atoms with Gasteiger partial charge in [0.1, 0.15) is 0 Å². The Morgan fingerprint density at radius 1 is 0.953 bits per heavy atom. The summed E-state index contributed by atoms with van der Waals surface area (Å²) in [5.41, 5.74) is 3.52. The first-order valence-corrected chi connectivity index (χ1v) is 16.4. The van der Waals surface area contributed by atoms with Gasteiger partial charge in [-0.15, -0.1) is 0 Å². The zero-order valence-electron chi connectivity index (χ0n) is 24.6. The van der Waals surface area contributed by atoms with E-state index in [9.17, 15) is 27.1 Å². The molecule has 6 rings (SSSR count). The van der Waals surface area contributed by atoms with Gasteiger partial charge in [0.25, 0.3) is 11.8 Å². The molecular formula is C31H39F2N5O4S. The van der Waals surface area contributed by atoms with Crippen molar-refractivity contribution >= 4 is 43.9 Å². The van der Waals surface area contributed by atoms with E-state index in [4.69, 9.17) is 0 Å². The second-order valence-corrected chi connectivity index (χ2v) is 14.2. The van der Waals surface area contributed by atoms with Gasteiger partial charge in [0.05, 0.1) is 34.0 Å². The van der Waals surface area contributed by atoms with Crippen LogP contribution in [-0.2, 0) is 17.1 Å². The van der Waals surface area contributed by atoms with Gasteiger partial charge in [-0.25, -0.2) is 21.9 Å². The van der Waals surface area contributed by atoms with E-state index in [0.29, 0.717) is 22.4 Å². The number of rotatable bonds is 8. The van der Waals surface area contributed by atoms with Crippen LogP contribution in [0.25, 0.3) is 10.9 Å². The quantitative estimate of drug-likeness (QED) is 0.339. The van der Waals surface area contributed by atoms with Crippen molar-refractivity contribution in [3.8, 4) is 0 Å². The van der Waals surface area contributed by atoms with Crippen molar-refractivity contribution in [2.75, 3.05) is 47.9 Å². The van der Waals surface area contributed by atoms with Gasteiger partial charge in [0, 0.05) is 69.4 Å². The van der Waals surface area contributed by atoms with Crippen molar-refractivity contribution in [2.24, 2.45) is 12.5 Å². The Hall–Kier alpha value is -3.22. The molecule has 0 radical (unpaired) electrons. The van der Waals surface area contributed by atoms with Crippen LogP contribution in [0.15, 0.2) is 47.5 Å². The third-order valence-electron chi connectivity index (χ3n) is 9.32. The maximum absolute atomic E-state index is 13.9. The maximum atomic E-state index is 13.9. The number of fused-ring (bicyclic) bond motifs is 1. The van der Waals surface area contributed by atoms with Crippen LogP contribution in [0.1, 0.15) is 55.8 Å². The molecule has 3 fully saturated rings. The summed E-state index contributed by atoms with van der Waals surface area (Å²) in [7, 11) is -2.01. The molecule has 1 atom stereocenters. The summed E-state index contributed by atoms with van der Waals surface area (Å²) in [5, 5.41) is 13.3. The highest BCUT2D eigenvalue weighted by molar-refractivity contribution is 7.89. The largest absolute Gasteiger partial charge is 0.395 e. The number of aromatic nitrogens is 1. The lowest BCUT2D eigenvalue weighted by Gasteiger charge is -2.35. The number of aliphatic hydroxyl groups excluding tert-OH is 1. The molecule has 2 aliphatic heterocycles. The monoisotopic (exact) mass is 615 g/mol. The van der Waals surface area contributed by atoms with Gasteiger partial charge in [-0.05, 0) is 74.4 Å². The number of piperidine rings is 2. The number of alkyl halides is 2. The van der Waals surface area contributed by atoms with Crippen molar-refractivity contribution in [1.29, 1.82) is 0 Å². The van der Waals surface area contributed by atoms with E-state index in [0.717, 1.165) is 42.5 Å². The van der Waals surface area contributed by atoms with Gasteiger partial charge in [0.2, 0.25) is 10.0 Å². The van der Waals surface area contributed by atoms with Crippen molar-refractivity contribution in [3.05, 3.63) is 48.2 Å². The molecule has 1 saturated carbocycles. The molecule has 3 N–H and O–H groups in total. The summed E-state index contributed by atoms with van der Waals surface area (Å²) >= 11 is 0. The minimum absolute atomic E-state index is 0.0287. The molecule has 2 aromatic carbocycles. The predicted octanol–water partition coefficient (Wildman–Crippen LogP) is 4.71. The van der Waals surface area contributed by atoms with Crippen molar-refractivity contribution < 1.29 is 27.1 Å². The number of sulfonamides is 1. The number of aryl methyl sites for hydroxylation is 1. The van der Waals surface area contributed by atoms with Gasteiger partial charge in [-0.3, -0.25) is 4.79 Å². The van der Waals surface area contributed by atoms with Crippen LogP contribution in [-0.4, -0.2) is 68.7 Å². The van der Waals surface area contributed by atoms with E-state index in [1.807, 2.05) is 40.9 Å². The number of nitrogens with zero attached hydrogens (tertiary/aromatic N) is 3. The second-order valence-electron chi connectivity index (χ2n) is 12.5. The number of nitrogens with one attached hydrogen (secondary N) is 2. The number of benzene rings is 2. The van der Waals surface area contributed by atoms with Gasteiger partial charge in [0.15, 0.2) is 0 Å². The van der Waals surface area contributed by atoms with Crippen LogP contribution >= 0.6 is 0 Å². The molecule has 3 aliphatic rings. The Morgan fingerprint density at radius 3 is 2.26 bits per heavy atom. The van der Waals surface area contributed by atoms with Crippen LogP contribution in [0.3, 0.4) is 0 Å². The van der Waals surface area contributed by atoms with Crippen molar-refractivity contribution in [2.45, 2.75) is 62.3 Å². The Bertz CT molecular complexity index is 1630. The van der Waals surface area contributed by atoms with Crippen molar-refractivity contribution in [3.63, 3.8) is 0 Å². The summed E-state index contributed by atoms with van der Waals surface area (Å²) < 4.78 is 58.5. The molecule has 9 nitrogen and oxygen atoms in total. The summed E-state index contributed by atoms with van der Waals surface area (Å²) in [5.74, 6) is -3.06. The topological polar surface area (TPSA) is 107 Å². The lowest BCUT2D eigenvalue weighted by atomic mass is 9.93. The number of anilines is 3. The summed E-state index contributed by atoms with van der Waals surface area (Å²) in [6, 6.07) is 9.47. The number of carbonyl (C=O) groups is 1. The molecule has 0 bridgehead atoms. The number of hydrogen-bond acceptors (Lipinski definition) is 6. The molecule has 0 unspecified atom stereocenters. The van der Waals surface area contributed by atoms with Crippen molar-refractivity contribution in [1.82, 2.24) is 9.29 Å². The molecule has 2 saturated heterocycles. The fourth-order valence-electron chi connectivity index (χ4n) is 6.41. The zero-order valence-corrected chi connectivity index (χ0v) is 25.4. The first-order chi connectivity index (χ1) is 20.4. The summed E-state index contributed by atoms with van der Waals surface area (Å²) in [4.78, 5) is 17.9. The molecule has 1 aromatic heterocycles. The van der Waals surface area contributed by atoms with E-state index in [2.05, 4.69) is 14.9 Å². The van der Waals surface area contributed by atoms with Crippen LogP contribution in [0, 0.1) is 5.41 Å². The average Bonchev–Trinajstić information content (AvgIpc) is 3.62. The molecule has 1 amide bonds. The highest BCUT2D eigenvalue weighted by Crippen LogP contribution is 2.54. The third kappa shape index (κ3) is 6.09. The van der Waals surface area contributed by atoms with Gasteiger partial charge < -0.3 is 24.8 Å². The number of aliphatic hydroxyl groups is 1. The standard InChI is InChI=1S/C31H39F2N5O4S/c1-21(20-39)35-43(41,42)24-3-4-25(26(19-24)37-13-8-30(6-7-30)9-14-37)29(40)34-23-17-22-5-12-36(2)28(22)27(18-23)38-15-10-31(32,33)11-16-38/h3-5,12,17-19,21,35,39H,6-11,13-16,20H2,1-2H3,(H,34,40)/t21-/m1/s1. The number of halogens is 2. The predicted molar refractivity (Wildman–Crippen MR) is 164 cm³/mol. The van der Waals surface area contributed by atoms with Gasteiger partial charge in [-0.2, -0.15) is 0 Å². The minimum Gasteiger partial charge on any atom is -0.395 e. The Morgan fingerprint density at radius 2 is 1.60 bits per heavy atom.